The third-order valence-electron chi connectivity index (χ3n) is 3.70. The number of nitro benzene ring substituents is 1. The highest BCUT2D eigenvalue weighted by Gasteiger charge is 2.24. The Bertz CT molecular complexity index is 792. The maximum atomic E-state index is 13.5. The molecule has 2 aromatic rings. The van der Waals surface area contributed by atoms with Crippen molar-refractivity contribution in [3.8, 4) is 0 Å². The molecule has 0 fully saturated rings. The van der Waals surface area contributed by atoms with Crippen molar-refractivity contribution in [3.63, 3.8) is 0 Å². The van der Waals surface area contributed by atoms with E-state index in [1.165, 1.54) is 6.92 Å². The number of carbonyl (C=O) groups is 1. The molecule has 0 saturated carbocycles. The zero-order valence-electron chi connectivity index (χ0n) is 13.2. The molecule has 1 unspecified atom stereocenters. The molecule has 0 aliphatic heterocycles. The van der Waals surface area contributed by atoms with E-state index in [1.807, 2.05) is 19.1 Å². The SMILES string of the molecule is Cc1ccccc1C(O)CNC(=O)c1cc(F)cc(C)c1[N+](=O)[O-]. The highest BCUT2D eigenvalue weighted by molar-refractivity contribution is 5.98. The predicted molar refractivity (Wildman–Crippen MR) is 86.3 cm³/mol. The number of benzene rings is 2. The maximum absolute atomic E-state index is 13.5. The molecule has 2 N–H and O–H groups in total. The van der Waals surface area contributed by atoms with Crippen molar-refractivity contribution in [1.82, 2.24) is 5.32 Å². The Kier molecular flexibility index (Phi) is 5.25. The minimum Gasteiger partial charge on any atom is -0.387 e. The van der Waals surface area contributed by atoms with Crippen LogP contribution in [0.5, 0.6) is 0 Å². The Morgan fingerprint density at radius 2 is 1.96 bits per heavy atom. The maximum Gasteiger partial charge on any atom is 0.285 e. The molecular formula is C17H17FN2O4. The van der Waals surface area contributed by atoms with Crippen LogP contribution in [0.25, 0.3) is 0 Å². The summed E-state index contributed by atoms with van der Waals surface area (Å²) in [5.41, 5.74) is 0.743. The first-order valence-corrected chi connectivity index (χ1v) is 7.27. The molecule has 0 heterocycles. The van der Waals surface area contributed by atoms with E-state index in [0.29, 0.717) is 5.56 Å². The van der Waals surface area contributed by atoms with Crippen LogP contribution in [0.15, 0.2) is 36.4 Å². The van der Waals surface area contributed by atoms with E-state index in [0.717, 1.165) is 17.7 Å². The summed E-state index contributed by atoms with van der Waals surface area (Å²) in [7, 11) is 0. The topological polar surface area (TPSA) is 92.5 Å². The summed E-state index contributed by atoms with van der Waals surface area (Å²) in [6, 6.07) is 8.94. The van der Waals surface area contributed by atoms with Crippen molar-refractivity contribution in [1.29, 1.82) is 0 Å². The molecule has 0 bridgehead atoms. The van der Waals surface area contributed by atoms with Gasteiger partial charge in [-0.3, -0.25) is 14.9 Å². The minimum atomic E-state index is -0.969. The van der Waals surface area contributed by atoms with Crippen LogP contribution < -0.4 is 5.32 Å². The van der Waals surface area contributed by atoms with Crippen molar-refractivity contribution < 1.29 is 19.2 Å². The molecule has 2 aromatic carbocycles. The second-order valence-corrected chi connectivity index (χ2v) is 5.46. The molecule has 0 spiro atoms. The molecule has 0 aliphatic carbocycles. The molecule has 1 amide bonds. The Morgan fingerprint density at radius 3 is 2.58 bits per heavy atom. The van der Waals surface area contributed by atoms with E-state index in [9.17, 15) is 24.4 Å². The fourth-order valence-electron chi connectivity index (χ4n) is 2.51. The van der Waals surface area contributed by atoms with Gasteiger partial charge < -0.3 is 10.4 Å². The predicted octanol–water partition coefficient (Wildman–Crippen LogP) is 2.81. The van der Waals surface area contributed by atoms with E-state index in [1.54, 1.807) is 12.1 Å². The normalized spacial score (nSPS) is 11.8. The number of amides is 1. The van der Waals surface area contributed by atoms with Gasteiger partial charge in [0.05, 0.1) is 11.0 Å². The number of carbonyl (C=O) groups excluding carboxylic acids is 1. The van der Waals surface area contributed by atoms with Gasteiger partial charge in [-0.25, -0.2) is 4.39 Å². The number of hydrogen-bond acceptors (Lipinski definition) is 4. The van der Waals surface area contributed by atoms with Crippen molar-refractivity contribution >= 4 is 11.6 Å². The number of hydrogen-bond donors (Lipinski definition) is 2. The van der Waals surface area contributed by atoms with Gasteiger partial charge in [-0.2, -0.15) is 0 Å². The average Bonchev–Trinajstić information content (AvgIpc) is 2.51. The third-order valence-corrected chi connectivity index (χ3v) is 3.70. The van der Waals surface area contributed by atoms with Crippen LogP contribution >= 0.6 is 0 Å². The summed E-state index contributed by atoms with van der Waals surface area (Å²) in [6.45, 7) is 3.04. The van der Waals surface area contributed by atoms with Gasteiger partial charge in [-0.05, 0) is 37.1 Å². The Morgan fingerprint density at radius 1 is 1.29 bits per heavy atom. The summed E-state index contributed by atoms with van der Waals surface area (Å²) >= 11 is 0. The molecule has 7 heteroatoms. The number of aliphatic hydroxyl groups excluding tert-OH is 1. The average molecular weight is 332 g/mol. The second-order valence-electron chi connectivity index (χ2n) is 5.46. The van der Waals surface area contributed by atoms with Crippen molar-refractivity contribution in [3.05, 3.63) is 74.6 Å². The Balaban J connectivity index is 2.19. The van der Waals surface area contributed by atoms with Gasteiger partial charge in [0, 0.05) is 12.1 Å². The largest absolute Gasteiger partial charge is 0.387 e. The minimum absolute atomic E-state index is 0.0598. The quantitative estimate of drug-likeness (QED) is 0.650. The lowest BCUT2D eigenvalue weighted by Gasteiger charge is -2.15. The van der Waals surface area contributed by atoms with Crippen LogP contribution in [-0.4, -0.2) is 22.5 Å². The number of nitro groups is 1. The molecule has 24 heavy (non-hydrogen) atoms. The van der Waals surface area contributed by atoms with Crippen LogP contribution in [0.4, 0.5) is 10.1 Å². The lowest BCUT2D eigenvalue weighted by molar-refractivity contribution is -0.385. The van der Waals surface area contributed by atoms with Gasteiger partial charge >= 0.3 is 0 Å². The van der Waals surface area contributed by atoms with E-state index >= 15 is 0 Å². The smallest absolute Gasteiger partial charge is 0.285 e. The lowest BCUT2D eigenvalue weighted by atomic mass is 10.0. The first-order valence-electron chi connectivity index (χ1n) is 7.27. The number of rotatable bonds is 5. The first-order chi connectivity index (χ1) is 11.3. The van der Waals surface area contributed by atoms with Crippen molar-refractivity contribution in [2.24, 2.45) is 0 Å². The fourth-order valence-corrected chi connectivity index (χ4v) is 2.51. The van der Waals surface area contributed by atoms with Crippen LogP contribution in [0.3, 0.4) is 0 Å². The first kappa shape index (κ1) is 17.6. The van der Waals surface area contributed by atoms with Gasteiger partial charge in [0.25, 0.3) is 11.6 Å². The molecule has 2 rings (SSSR count). The van der Waals surface area contributed by atoms with Gasteiger partial charge in [0.15, 0.2) is 0 Å². The van der Waals surface area contributed by atoms with Gasteiger partial charge in [-0.15, -0.1) is 0 Å². The van der Waals surface area contributed by atoms with Gasteiger partial charge in [-0.1, -0.05) is 24.3 Å². The molecule has 1 atom stereocenters. The summed E-state index contributed by atoms with van der Waals surface area (Å²) in [4.78, 5) is 22.6. The fraction of sp³-hybridized carbons (Fsp3) is 0.235. The Hall–Kier alpha value is -2.80. The number of aryl methyl sites for hydroxylation is 2. The zero-order chi connectivity index (χ0) is 17.9. The highest BCUT2D eigenvalue weighted by Crippen LogP contribution is 2.25. The molecule has 126 valence electrons. The molecule has 6 nitrogen and oxygen atoms in total. The highest BCUT2D eigenvalue weighted by atomic mass is 19.1. The van der Waals surface area contributed by atoms with E-state index < -0.39 is 28.4 Å². The lowest BCUT2D eigenvalue weighted by Crippen LogP contribution is -2.29. The van der Waals surface area contributed by atoms with Crippen LogP contribution in [0.1, 0.15) is 33.2 Å². The number of nitrogens with zero attached hydrogens (tertiary/aromatic N) is 1. The Labute approximate surface area is 138 Å². The molecule has 0 aliphatic rings. The summed E-state index contributed by atoms with van der Waals surface area (Å²) in [5, 5.41) is 23.7. The van der Waals surface area contributed by atoms with Gasteiger partial charge in [0.2, 0.25) is 0 Å². The second kappa shape index (κ2) is 7.18. The summed E-state index contributed by atoms with van der Waals surface area (Å²) in [6.07, 6.45) is -0.969. The van der Waals surface area contributed by atoms with Crippen molar-refractivity contribution in [2.75, 3.05) is 6.54 Å². The molecule has 0 aromatic heterocycles. The monoisotopic (exact) mass is 332 g/mol. The molecule has 0 radical (unpaired) electrons. The molecular weight excluding hydrogens is 315 g/mol. The number of halogens is 1. The van der Waals surface area contributed by atoms with Crippen LogP contribution in [0.2, 0.25) is 0 Å². The molecule has 0 saturated heterocycles. The zero-order valence-corrected chi connectivity index (χ0v) is 13.2. The van der Waals surface area contributed by atoms with Crippen molar-refractivity contribution in [2.45, 2.75) is 20.0 Å². The summed E-state index contributed by atoms with van der Waals surface area (Å²) < 4.78 is 13.5. The standard InChI is InChI=1S/C17H17FN2O4/c1-10-5-3-4-6-13(10)15(21)9-19-17(22)14-8-12(18)7-11(2)16(14)20(23)24/h3-8,15,21H,9H2,1-2H3,(H,19,22). The number of aliphatic hydroxyl groups is 1. The van der Waals surface area contributed by atoms with E-state index in [2.05, 4.69) is 5.32 Å². The van der Waals surface area contributed by atoms with E-state index in [4.69, 9.17) is 0 Å². The van der Waals surface area contributed by atoms with Crippen LogP contribution in [0, 0.1) is 29.8 Å². The number of nitrogens with one attached hydrogen (secondary N) is 1. The van der Waals surface area contributed by atoms with Gasteiger partial charge in [0.1, 0.15) is 11.4 Å². The van der Waals surface area contributed by atoms with E-state index in [-0.39, 0.29) is 17.7 Å². The third kappa shape index (κ3) is 3.75. The summed E-state index contributed by atoms with van der Waals surface area (Å²) in [5.74, 6) is -1.54. The van der Waals surface area contributed by atoms with Crippen LogP contribution in [-0.2, 0) is 0 Å².